The highest BCUT2D eigenvalue weighted by molar-refractivity contribution is 6.52. The number of aliphatic hydroxyl groups excluding tert-OH is 1. The molecule has 1 aromatic heterocycles. The summed E-state index contributed by atoms with van der Waals surface area (Å²) in [5.41, 5.74) is 2.56. The SMILES string of the molecule is COc1ccc(/C=C/C(=O)c2ccc(OCc3cn(CC(O)CN4C(=O)C(=O)c5cc(Cl)ccc54)nn3)cc2)cc1. The Bertz CT molecular complexity index is 1610. The molecular formula is C30H25ClN4O6. The molecule has 4 aromatic rings. The Balaban J connectivity index is 1.11. The van der Waals surface area contributed by atoms with E-state index in [1.54, 1.807) is 55.8 Å². The Labute approximate surface area is 240 Å². The van der Waals surface area contributed by atoms with E-state index in [9.17, 15) is 19.5 Å². The summed E-state index contributed by atoms with van der Waals surface area (Å²) < 4.78 is 12.3. The fraction of sp³-hybridized carbons (Fsp3) is 0.167. The number of hydrogen-bond acceptors (Lipinski definition) is 8. The number of ketones is 2. The van der Waals surface area contributed by atoms with Crippen LogP contribution in [0.15, 0.2) is 79.0 Å². The molecule has 10 nitrogen and oxygen atoms in total. The first-order valence-corrected chi connectivity index (χ1v) is 13.0. The number of anilines is 1. The molecule has 2 heterocycles. The number of rotatable bonds is 11. The average molecular weight is 573 g/mol. The Morgan fingerprint density at radius 3 is 2.49 bits per heavy atom. The van der Waals surface area contributed by atoms with E-state index >= 15 is 0 Å². The van der Waals surface area contributed by atoms with Crippen molar-refractivity contribution in [3.05, 3.63) is 106 Å². The molecule has 1 aliphatic heterocycles. The number of ether oxygens (including phenoxy) is 2. The number of aliphatic hydroxyl groups is 1. The zero-order chi connectivity index (χ0) is 28.9. The van der Waals surface area contributed by atoms with E-state index in [2.05, 4.69) is 10.3 Å². The number of aromatic nitrogens is 3. The lowest BCUT2D eigenvalue weighted by atomic mass is 10.1. The molecule has 0 saturated heterocycles. The molecule has 0 spiro atoms. The van der Waals surface area contributed by atoms with Crippen LogP contribution in [0.1, 0.15) is 32.0 Å². The molecular weight excluding hydrogens is 548 g/mol. The highest BCUT2D eigenvalue weighted by Gasteiger charge is 2.36. The van der Waals surface area contributed by atoms with E-state index < -0.39 is 17.8 Å². The van der Waals surface area contributed by atoms with Crippen molar-refractivity contribution in [3.63, 3.8) is 0 Å². The van der Waals surface area contributed by atoms with Gasteiger partial charge in [0.2, 0.25) is 0 Å². The van der Waals surface area contributed by atoms with Crippen LogP contribution < -0.4 is 14.4 Å². The Morgan fingerprint density at radius 2 is 1.76 bits per heavy atom. The molecule has 0 aliphatic carbocycles. The van der Waals surface area contributed by atoms with E-state index in [1.807, 2.05) is 24.3 Å². The van der Waals surface area contributed by atoms with Crippen molar-refractivity contribution in [2.24, 2.45) is 0 Å². The van der Waals surface area contributed by atoms with Crippen LogP contribution in [0.2, 0.25) is 5.02 Å². The third kappa shape index (κ3) is 6.51. The molecule has 0 fully saturated rings. The van der Waals surface area contributed by atoms with Gasteiger partial charge in [0.15, 0.2) is 5.78 Å². The van der Waals surface area contributed by atoms with Crippen molar-refractivity contribution in [1.82, 2.24) is 15.0 Å². The maximum absolute atomic E-state index is 12.5. The number of benzene rings is 3. The second kappa shape index (κ2) is 12.2. The number of amides is 1. The summed E-state index contributed by atoms with van der Waals surface area (Å²) in [6.45, 7) is 0.0774. The highest BCUT2D eigenvalue weighted by Crippen LogP contribution is 2.31. The van der Waals surface area contributed by atoms with E-state index in [4.69, 9.17) is 21.1 Å². The fourth-order valence-corrected chi connectivity index (χ4v) is 4.46. The molecule has 1 unspecified atom stereocenters. The van der Waals surface area contributed by atoms with Crippen molar-refractivity contribution in [3.8, 4) is 11.5 Å². The third-order valence-corrected chi connectivity index (χ3v) is 6.61. The van der Waals surface area contributed by atoms with Gasteiger partial charge in [0, 0.05) is 10.6 Å². The van der Waals surface area contributed by atoms with Gasteiger partial charge in [0.05, 0.1) is 43.8 Å². The number of halogens is 1. The summed E-state index contributed by atoms with van der Waals surface area (Å²) in [6, 6.07) is 18.7. The first-order chi connectivity index (χ1) is 19.8. The first-order valence-electron chi connectivity index (χ1n) is 12.6. The number of methoxy groups -OCH3 is 1. The predicted octanol–water partition coefficient (Wildman–Crippen LogP) is 4.01. The van der Waals surface area contributed by atoms with E-state index in [0.717, 1.165) is 11.3 Å². The minimum Gasteiger partial charge on any atom is -0.497 e. The van der Waals surface area contributed by atoms with Crippen molar-refractivity contribution in [2.45, 2.75) is 19.3 Å². The predicted molar refractivity (Wildman–Crippen MR) is 151 cm³/mol. The highest BCUT2D eigenvalue weighted by atomic mass is 35.5. The Morgan fingerprint density at radius 1 is 1.02 bits per heavy atom. The zero-order valence-corrected chi connectivity index (χ0v) is 22.7. The van der Waals surface area contributed by atoms with Crippen molar-refractivity contribution in [2.75, 3.05) is 18.6 Å². The summed E-state index contributed by atoms with van der Waals surface area (Å²) in [5, 5.41) is 19.0. The summed E-state index contributed by atoms with van der Waals surface area (Å²) in [7, 11) is 1.60. The zero-order valence-electron chi connectivity index (χ0n) is 21.9. The molecule has 0 radical (unpaired) electrons. The van der Waals surface area contributed by atoms with Gasteiger partial charge >= 0.3 is 0 Å². The number of Topliss-reactive ketones (excluding diaryl/α,β-unsaturated/α-hetero) is 1. The molecule has 0 saturated carbocycles. The van der Waals surface area contributed by atoms with Crippen molar-refractivity contribution in [1.29, 1.82) is 0 Å². The van der Waals surface area contributed by atoms with Crippen LogP contribution >= 0.6 is 11.6 Å². The summed E-state index contributed by atoms with van der Waals surface area (Å²) in [5.74, 6) is -0.212. The second-order valence-corrected chi connectivity index (χ2v) is 9.71. The fourth-order valence-electron chi connectivity index (χ4n) is 4.29. The molecule has 41 heavy (non-hydrogen) atoms. The molecule has 0 bridgehead atoms. The molecule has 1 atom stereocenters. The van der Waals surface area contributed by atoms with Crippen LogP contribution in [-0.2, 0) is 17.9 Å². The van der Waals surface area contributed by atoms with Gasteiger partial charge in [-0.05, 0) is 66.2 Å². The second-order valence-electron chi connectivity index (χ2n) is 9.28. The van der Waals surface area contributed by atoms with E-state index in [-0.39, 0.29) is 31.0 Å². The minimum atomic E-state index is -1.01. The maximum Gasteiger partial charge on any atom is 0.299 e. The van der Waals surface area contributed by atoms with Gasteiger partial charge in [-0.2, -0.15) is 0 Å². The molecule has 1 N–H and O–H groups in total. The van der Waals surface area contributed by atoms with Crippen LogP contribution in [0, 0.1) is 0 Å². The standard InChI is InChI=1S/C30H25ClN4O6/c1-40-24-8-2-19(3-9-24)4-13-28(37)20-5-10-25(11-6-20)41-18-22-15-34(33-32-22)16-23(36)17-35-27-12-7-21(31)14-26(27)29(38)30(35)39/h2-15,23,36H,16-18H2,1H3/b13-4+. The topological polar surface area (TPSA) is 124 Å². The lowest BCUT2D eigenvalue weighted by Crippen LogP contribution is -2.38. The van der Waals surface area contributed by atoms with Crippen molar-refractivity contribution >= 4 is 40.8 Å². The number of allylic oxidation sites excluding steroid dienone is 1. The normalized spacial score (nSPS) is 13.5. The lowest BCUT2D eigenvalue weighted by Gasteiger charge is -2.20. The third-order valence-electron chi connectivity index (χ3n) is 6.38. The summed E-state index contributed by atoms with van der Waals surface area (Å²) in [4.78, 5) is 38.4. The smallest absolute Gasteiger partial charge is 0.299 e. The largest absolute Gasteiger partial charge is 0.497 e. The van der Waals surface area contributed by atoms with Gasteiger partial charge in [-0.3, -0.25) is 14.4 Å². The van der Waals surface area contributed by atoms with Gasteiger partial charge < -0.3 is 19.5 Å². The number of fused-ring (bicyclic) bond motifs is 1. The number of carbonyl (C=O) groups is 3. The molecule has 11 heteroatoms. The van der Waals surface area contributed by atoms with Gasteiger partial charge in [-0.25, -0.2) is 4.68 Å². The van der Waals surface area contributed by atoms with Gasteiger partial charge in [-0.15, -0.1) is 5.10 Å². The minimum absolute atomic E-state index is 0.0503. The van der Waals surface area contributed by atoms with Gasteiger partial charge in [-0.1, -0.05) is 35.0 Å². The average Bonchev–Trinajstić information content (AvgIpc) is 3.52. The van der Waals surface area contributed by atoms with Crippen LogP contribution in [0.3, 0.4) is 0 Å². The molecule has 3 aromatic carbocycles. The van der Waals surface area contributed by atoms with E-state index in [1.165, 1.54) is 21.7 Å². The maximum atomic E-state index is 12.5. The monoisotopic (exact) mass is 572 g/mol. The van der Waals surface area contributed by atoms with Crippen LogP contribution in [0.4, 0.5) is 5.69 Å². The molecule has 5 rings (SSSR count). The number of nitrogens with zero attached hydrogens (tertiary/aromatic N) is 4. The van der Waals surface area contributed by atoms with Gasteiger partial charge in [0.25, 0.3) is 11.7 Å². The lowest BCUT2D eigenvalue weighted by molar-refractivity contribution is -0.114. The van der Waals surface area contributed by atoms with Gasteiger partial charge in [0.1, 0.15) is 23.8 Å². The molecule has 1 aliphatic rings. The van der Waals surface area contributed by atoms with Crippen LogP contribution in [0.25, 0.3) is 6.08 Å². The van der Waals surface area contributed by atoms with Crippen molar-refractivity contribution < 1.29 is 29.0 Å². The van der Waals surface area contributed by atoms with Crippen LogP contribution in [-0.4, -0.2) is 57.3 Å². The van der Waals surface area contributed by atoms with E-state index in [0.29, 0.717) is 27.7 Å². The number of carbonyl (C=O) groups excluding carboxylic acids is 3. The Kier molecular flexibility index (Phi) is 8.23. The number of hydrogen-bond donors (Lipinski definition) is 1. The Hall–Kier alpha value is -4.80. The molecule has 208 valence electrons. The summed E-state index contributed by atoms with van der Waals surface area (Å²) in [6.07, 6.45) is 3.86. The number of β-amino-alcohol motifs (C(OH)–C–C–N with tert-alkyl or cyclic N) is 1. The molecule has 1 amide bonds. The first kappa shape index (κ1) is 27.8. The quantitative estimate of drug-likeness (QED) is 0.162. The van der Waals surface area contributed by atoms with Crippen LogP contribution in [0.5, 0.6) is 11.5 Å². The summed E-state index contributed by atoms with van der Waals surface area (Å²) >= 11 is 5.94.